The number of rotatable bonds is 6. The zero-order valence-electron chi connectivity index (χ0n) is 26.3. The van der Waals surface area contributed by atoms with Gasteiger partial charge in [0.05, 0.1) is 18.3 Å². The van der Waals surface area contributed by atoms with Crippen molar-refractivity contribution >= 4 is 17.9 Å². The molecule has 236 valence electrons. The molecule has 0 saturated heterocycles. The molecule has 1 unspecified atom stereocenters. The Morgan fingerprint density at radius 1 is 0.976 bits per heavy atom. The predicted octanol–water partition coefficient (Wildman–Crippen LogP) is 4.18. The molecule has 0 bridgehead atoms. The van der Waals surface area contributed by atoms with E-state index in [1.807, 2.05) is 40.7 Å². The quantitative estimate of drug-likeness (QED) is 0.203. The van der Waals surface area contributed by atoms with Gasteiger partial charge >= 0.3 is 17.9 Å². The molecule has 4 aliphatic rings. The van der Waals surface area contributed by atoms with E-state index in [9.17, 15) is 34.8 Å². The third-order valence-electron chi connectivity index (χ3n) is 11.9. The van der Waals surface area contributed by atoms with Crippen LogP contribution >= 0.6 is 0 Å². The summed E-state index contributed by atoms with van der Waals surface area (Å²) in [6.45, 7) is 14.4. The minimum atomic E-state index is -1.21. The third-order valence-corrected chi connectivity index (χ3v) is 11.9. The van der Waals surface area contributed by atoms with Crippen LogP contribution in [0.5, 0.6) is 0 Å². The van der Waals surface area contributed by atoms with Gasteiger partial charge in [-0.25, -0.2) is 4.79 Å². The second-order valence-corrected chi connectivity index (χ2v) is 14.4. The SMILES string of the molecule is CC(=O)O[C@@H]1[C@H]2[C@H](C)[C@H](O)CC[C@]2(C)[C@@H]2C(O)C[C@H]3/C(=C(\CCC=C(C)C)C(=O)O)[C@@H](OC(C)=O)C[C@]3(C)[C@@]2(C)[C@H]1O. The molecular formula is C33H50O9. The summed E-state index contributed by atoms with van der Waals surface area (Å²) < 4.78 is 11.7. The highest BCUT2D eigenvalue weighted by molar-refractivity contribution is 5.88. The van der Waals surface area contributed by atoms with Crippen molar-refractivity contribution in [2.24, 2.45) is 39.9 Å². The lowest BCUT2D eigenvalue weighted by molar-refractivity contribution is -0.307. The fourth-order valence-corrected chi connectivity index (χ4v) is 10.2. The Kier molecular flexibility index (Phi) is 8.84. The molecule has 4 fully saturated rings. The minimum Gasteiger partial charge on any atom is -0.478 e. The Balaban J connectivity index is 1.94. The Hall–Kier alpha value is -2.23. The molecule has 4 N–H and O–H groups in total. The van der Waals surface area contributed by atoms with Gasteiger partial charge in [-0.1, -0.05) is 39.3 Å². The Bertz CT molecular complexity index is 1170. The molecule has 9 heteroatoms. The molecule has 4 rings (SSSR count). The Labute approximate surface area is 249 Å². The molecule has 0 radical (unpaired) electrons. The topological polar surface area (TPSA) is 151 Å². The van der Waals surface area contributed by atoms with Crippen molar-refractivity contribution in [2.75, 3.05) is 0 Å². The van der Waals surface area contributed by atoms with Crippen LogP contribution in [0.15, 0.2) is 22.8 Å². The van der Waals surface area contributed by atoms with Crippen molar-refractivity contribution in [2.45, 2.75) is 124 Å². The molecular weight excluding hydrogens is 540 g/mol. The third kappa shape index (κ3) is 4.93. The number of carboxylic acids is 1. The summed E-state index contributed by atoms with van der Waals surface area (Å²) in [5, 5.41) is 45.7. The van der Waals surface area contributed by atoms with E-state index in [-0.39, 0.29) is 30.8 Å². The van der Waals surface area contributed by atoms with Gasteiger partial charge in [0.15, 0.2) is 0 Å². The molecule has 9 nitrogen and oxygen atoms in total. The van der Waals surface area contributed by atoms with Gasteiger partial charge in [0.25, 0.3) is 0 Å². The van der Waals surface area contributed by atoms with E-state index in [4.69, 9.17) is 9.47 Å². The van der Waals surface area contributed by atoms with E-state index >= 15 is 0 Å². The van der Waals surface area contributed by atoms with E-state index in [2.05, 4.69) is 6.92 Å². The number of aliphatic hydroxyl groups excluding tert-OH is 3. The zero-order valence-corrected chi connectivity index (χ0v) is 26.3. The van der Waals surface area contributed by atoms with Crippen molar-refractivity contribution < 1.29 is 44.3 Å². The van der Waals surface area contributed by atoms with Gasteiger partial charge in [-0.3, -0.25) is 9.59 Å². The summed E-state index contributed by atoms with van der Waals surface area (Å²) in [5.41, 5.74) is -0.694. The number of aliphatic hydroxyl groups is 3. The molecule has 0 aromatic heterocycles. The van der Waals surface area contributed by atoms with E-state index in [0.29, 0.717) is 24.8 Å². The first-order chi connectivity index (χ1) is 19.4. The summed E-state index contributed by atoms with van der Waals surface area (Å²) in [4.78, 5) is 37.5. The highest BCUT2D eigenvalue weighted by atomic mass is 16.6. The number of fused-ring (bicyclic) bond motifs is 5. The molecule has 4 saturated carbocycles. The van der Waals surface area contributed by atoms with Crippen LogP contribution in [0.4, 0.5) is 0 Å². The summed E-state index contributed by atoms with van der Waals surface area (Å²) in [6, 6.07) is 0. The lowest BCUT2D eigenvalue weighted by Crippen LogP contribution is -2.74. The highest BCUT2D eigenvalue weighted by Crippen LogP contribution is 2.74. The molecule has 0 heterocycles. The average Bonchev–Trinajstić information content (AvgIpc) is 3.13. The molecule has 0 aromatic rings. The molecule has 12 atom stereocenters. The van der Waals surface area contributed by atoms with Crippen molar-refractivity contribution in [1.29, 1.82) is 0 Å². The van der Waals surface area contributed by atoms with Gasteiger partial charge in [-0.2, -0.15) is 0 Å². The van der Waals surface area contributed by atoms with Crippen molar-refractivity contribution in [1.82, 2.24) is 0 Å². The minimum absolute atomic E-state index is 0.182. The standard InChI is InChI=1S/C33H50O9/c1-16(2)10-9-11-20(30(39)40)25-21-14-23(37)28-31(6)13-12-22(36)17(3)26(31)27(42-19(5)35)29(38)33(28,8)32(21,7)15-24(25)41-18(4)34/h10,17,21-24,26-29,36-38H,9,11-15H2,1-8H3,(H,39,40)/b25-20-/t17-,21+,22-,23?,24+,26-,27-,28+,29+,31+,32+,33-/m1/s1. The first-order valence-electron chi connectivity index (χ1n) is 15.4. The lowest BCUT2D eigenvalue weighted by Gasteiger charge is -2.71. The van der Waals surface area contributed by atoms with Crippen LogP contribution in [0.1, 0.15) is 93.9 Å². The maximum Gasteiger partial charge on any atom is 0.331 e. The second-order valence-electron chi connectivity index (χ2n) is 14.4. The number of aliphatic carboxylic acids is 1. The fraction of sp³-hybridized carbons (Fsp3) is 0.788. The number of esters is 2. The first kappa shape index (κ1) is 32.7. The molecule has 0 amide bonds. The van der Waals surface area contributed by atoms with Gasteiger partial charge < -0.3 is 29.9 Å². The van der Waals surface area contributed by atoms with Crippen LogP contribution in [0, 0.1) is 39.9 Å². The van der Waals surface area contributed by atoms with Crippen LogP contribution in [0.3, 0.4) is 0 Å². The normalized spacial score (nSPS) is 45.5. The van der Waals surface area contributed by atoms with E-state index < -0.39 is 82.4 Å². The molecule has 4 aliphatic carbocycles. The zero-order chi connectivity index (χ0) is 31.5. The van der Waals surface area contributed by atoms with Crippen LogP contribution in [-0.2, 0) is 23.9 Å². The maximum absolute atomic E-state index is 12.7. The van der Waals surface area contributed by atoms with Crippen LogP contribution in [0.2, 0.25) is 0 Å². The molecule has 0 aliphatic heterocycles. The fourth-order valence-electron chi connectivity index (χ4n) is 10.2. The van der Waals surface area contributed by atoms with E-state index in [1.165, 1.54) is 13.8 Å². The van der Waals surface area contributed by atoms with Crippen molar-refractivity contribution in [3.05, 3.63) is 22.8 Å². The van der Waals surface area contributed by atoms with Crippen LogP contribution in [-0.4, -0.2) is 68.9 Å². The smallest absolute Gasteiger partial charge is 0.331 e. The number of carboxylic acid groups (broad SMARTS) is 1. The molecule has 0 spiro atoms. The first-order valence-corrected chi connectivity index (χ1v) is 15.4. The summed E-state index contributed by atoms with van der Waals surface area (Å²) in [7, 11) is 0. The number of ether oxygens (including phenoxy) is 2. The summed E-state index contributed by atoms with van der Waals surface area (Å²) >= 11 is 0. The average molecular weight is 591 g/mol. The lowest BCUT2D eigenvalue weighted by atomic mass is 9.35. The van der Waals surface area contributed by atoms with Crippen molar-refractivity contribution in [3.63, 3.8) is 0 Å². The number of allylic oxidation sites excluding steroid dienone is 2. The van der Waals surface area contributed by atoms with Gasteiger partial charge in [-0.15, -0.1) is 0 Å². The number of hydrogen-bond donors (Lipinski definition) is 4. The van der Waals surface area contributed by atoms with E-state index in [0.717, 1.165) is 5.57 Å². The largest absolute Gasteiger partial charge is 0.478 e. The Morgan fingerprint density at radius 2 is 1.60 bits per heavy atom. The number of carbonyl (C=O) groups is 3. The predicted molar refractivity (Wildman–Crippen MR) is 155 cm³/mol. The maximum atomic E-state index is 12.7. The highest BCUT2D eigenvalue weighted by Gasteiger charge is 2.76. The van der Waals surface area contributed by atoms with Gasteiger partial charge in [0.1, 0.15) is 12.2 Å². The van der Waals surface area contributed by atoms with Crippen LogP contribution < -0.4 is 0 Å². The van der Waals surface area contributed by atoms with Crippen molar-refractivity contribution in [3.8, 4) is 0 Å². The van der Waals surface area contributed by atoms with Gasteiger partial charge in [-0.05, 0) is 86.5 Å². The van der Waals surface area contributed by atoms with Gasteiger partial charge in [0, 0.05) is 30.8 Å². The van der Waals surface area contributed by atoms with Gasteiger partial charge in [0.2, 0.25) is 0 Å². The Morgan fingerprint density at radius 3 is 2.14 bits per heavy atom. The molecule has 0 aromatic carbocycles. The number of hydrogen-bond acceptors (Lipinski definition) is 8. The van der Waals surface area contributed by atoms with Crippen LogP contribution in [0.25, 0.3) is 0 Å². The molecule has 42 heavy (non-hydrogen) atoms. The number of carbonyl (C=O) groups excluding carboxylic acids is 2. The summed E-state index contributed by atoms with van der Waals surface area (Å²) in [6.07, 6.45) is -0.167. The summed E-state index contributed by atoms with van der Waals surface area (Å²) in [5.74, 6) is -3.76. The van der Waals surface area contributed by atoms with E-state index in [1.54, 1.807) is 0 Å². The monoisotopic (exact) mass is 590 g/mol. The second kappa shape index (κ2) is 11.4.